The maximum absolute atomic E-state index is 14.1. The number of esters is 1. The standard InChI is InChI=1S/C29H29BrN2O7/c1-4-36-27(35)24-22-21(25(33)32(26(22)34)18-12-10-17(30)11-13-18)23(31(24)15-16-8-6-5-7-9-16)19-14-20-28(37-19)39-29(2,3)38-20/h5-14,20-24,28H,4,15H2,1-3H3/t20-,21?,22?,23-,24+,28-/m1/s1. The quantitative estimate of drug-likeness (QED) is 0.367. The van der Waals surface area contributed by atoms with Crippen LogP contribution in [0.1, 0.15) is 26.3 Å². The smallest absolute Gasteiger partial charge is 0.324 e. The summed E-state index contributed by atoms with van der Waals surface area (Å²) >= 11 is 3.40. The Hall–Kier alpha value is -3.05. The van der Waals surface area contributed by atoms with Crippen molar-refractivity contribution in [3.8, 4) is 0 Å². The average Bonchev–Trinajstić information content (AvgIpc) is 3.57. The van der Waals surface area contributed by atoms with Crippen molar-refractivity contribution < 1.29 is 33.3 Å². The van der Waals surface area contributed by atoms with E-state index in [1.54, 1.807) is 31.2 Å². The lowest BCUT2D eigenvalue weighted by Crippen LogP contribution is -2.49. The Balaban J connectivity index is 1.44. The molecule has 4 aliphatic heterocycles. The molecule has 2 aromatic rings. The van der Waals surface area contributed by atoms with Gasteiger partial charge in [-0.25, -0.2) is 4.90 Å². The number of rotatable bonds is 6. The van der Waals surface area contributed by atoms with Crippen LogP contribution in [0.3, 0.4) is 0 Å². The predicted molar refractivity (Wildman–Crippen MR) is 143 cm³/mol. The lowest BCUT2D eigenvalue weighted by Gasteiger charge is -2.33. The average molecular weight is 597 g/mol. The van der Waals surface area contributed by atoms with Crippen LogP contribution in [0.4, 0.5) is 5.69 Å². The van der Waals surface area contributed by atoms with E-state index in [4.69, 9.17) is 18.9 Å². The van der Waals surface area contributed by atoms with Crippen molar-refractivity contribution in [2.75, 3.05) is 11.5 Å². The van der Waals surface area contributed by atoms with Gasteiger partial charge >= 0.3 is 5.97 Å². The number of imide groups is 1. The highest BCUT2D eigenvalue weighted by Crippen LogP contribution is 2.49. The summed E-state index contributed by atoms with van der Waals surface area (Å²) in [7, 11) is 0. The first-order valence-corrected chi connectivity index (χ1v) is 13.8. The number of fused-ring (bicyclic) bond motifs is 2. The summed E-state index contributed by atoms with van der Waals surface area (Å²) in [6.45, 7) is 5.79. The van der Waals surface area contributed by atoms with Gasteiger partial charge in [-0.3, -0.25) is 19.3 Å². The Labute approximate surface area is 234 Å². The predicted octanol–water partition coefficient (Wildman–Crippen LogP) is 3.76. The first kappa shape index (κ1) is 26.2. The molecular formula is C29H29BrN2O7. The summed E-state index contributed by atoms with van der Waals surface area (Å²) < 4.78 is 24.4. The number of ether oxygens (including phenoxy) is 4. The first-order valence-electron chi connectivity index (χ1n) is 13.0. The van der Waals surface area contributed by atoms with E-state index in [0.29, 0.717) is 18.0 Å². The molecule has 0 bridgehead atoms. The van der Waals surface area contributed by atoms with Gasteiger partial charge in [-0.2, -0.15) is 0 Å². The fourth-order valence-electron chi connectivity index (χ4n) is 6.11. The molecule has 2 amide bonds. The molecule has 9 nitrogen and oxygen atoms in total. The second-order valence-electron chi connectivity index (χ2n) is 10.5. The molecule has 204 valence electrons. The minimum absolute atomic E-state index is 0.148. The Kier molecular flexibility index (Phi) is 6.61. The summed E-state index contributed by atoms with van der Waals surface area (Å²) in [5.41, 5.74) is 1.37. The lowest BCUT2D eigenvalue weighted by atomic mass is 9.88. The Bertz CT molecular complexity index is 1330. The number of nitrogens with zero attached hydrogens (tertiary/aromatic N) is 2. The highest BCUT2D eigenvalue weighted by molar-refractivity contribution is 9.10. The molecular weight excluding hydrogens is 568 g/mol. The molecule has 2 unspecified atom stereocenters. The molecule has 6 atom stereocenters. The number of benzene rings is 2. The molecule has 2 aromatic carbocycles. The summed E-state index contributed by atoms with van der Waals surface area (Å²) in [6.07, 6.45) is 0.666. The van der Waals surface area contributed by atoms with E-state index in [2.05, 4.69) is 15.9 Å². The highest BCUT2D eigenvalue weighted by atomic mass is 79.9. The van der Waals surface area contributed by atoms with E-state index in [1.807, 2.05) is 55.2 Å². The van der Waals surface area contributed by atoms with E-state index >= 15 is 0 Å². The molecule has 0 saturated carbocycles. The van der Waals surface area contributed by atoms with Gasteiger partial charge in [0.15, 0.2) is 5.79 Å². The normalized spacial score (nSPS) is 31.2. The Morgan fingerprint density at radius 1 is 1.00 bits per heavy atom. The molecule has 6 rings (SSSR count). The topological polar surface area (TPSA) is 94.6 Å². The summed E-state index contributed by atoms with van der Waals surface area (Å²) in [5, 5.41) is 0. The first-order chi connectivity index (χ1) is 18.7. The van der Waals surface area contributed by atoms with Gasteiger partial charge in [-0.15, -0.1) is 0 Å². The summed E-state index contributed by atoms with van der Waals surface area (Å²) in [4.78, 5) is 44.7. The van der Waals surface area contributed by atoms with Crippen LogP contribution >= 0.6 is 15.9 Å². The molecule has 0 aromatic heterocycles. The monoisotopic (exact) mass is 596 g/mol. The van der Waals surface area contributed by atoms with E-state index in [1.165, 1.54) is 4.90 Å². The zero-order valence-electron chi connectivity index (χ0n) is 21.8. The highest BCUT2D eigenvalue weighted by Gasteiger charge is 2.66. The molecule has 3 saturated heterocycles. The van der Waals surface area contributed by atoms with Gasteiger partial charge < -0.3 is 18.9 Å². The summed E-state index contributed by atoms with van der Waals surface area (Å²) in [6, 6.07) is 14.9. The third-order valence-corrected chi connectivity index (χ3v) is 8.10. The van der Waals surface area contributed by atoms with Crippen molar-refractivity contribution in [3.63, 3.8) is 0 Å². The van der Waals surface area contributed by atoms with E-state index in [0.717, 1.165) is 10.0 Å². The van der Waals surface area contributed by atoms with Crippen LogP contribution in [0.2, 0.25) is 0 Å². The van der Waals surface area contributed by atoms with Crippen LogP contribution in [0.15, 0.2) is 70.9 Å². The van der Waals surface area contributed by atoms with Gasteiger partial charge in [0.25, 0.3) is 0 Å². The number of carbonyl (C=O) groups is 3. The van der Waals surface area contributed by atoms with Gasteiger partial charge in [0.1, 0.15) is 17.9 Å². The number of hydrogen-bond donors (Lipinski definition) is 0. The van der Waals surface area contributed by atoms with Crippen LogP contribution in [0, 0.1) is 11.8 Å². The molecule has 4 heterocycles. The minimum Gasteiger partial charge on any atom is -0.465 e. The van der Waals surface area contributed by atoms with Gasteiger partial charge in [0.2, 0.25) is 18.1 Å². The fraction of sp³-hybridized carbons (Fsp3) is 0.414. The number of halogens is 1. The lowest BCUT2D eigenvalue weighted by molar-refractivity contribution is -0.184. The summed E-state index contributed by atoms with van der Waals surface area (Å²) in [5.74, 6) is -3.53. The zero-order chi connectivity index (χ0) is 27.5. The number of anilines is 1. The number of hydrogen-bond acceptors (Lipinski definition) is 8. The van der Waals surface area contributed by atoms with Crippen LogP contribution in [0.25, 0.3) is 0 Å². The van der Waals surface area contributed by atoms with E-state index in [-0.39, 0.29) is 12.5 Å². The van der Waals surface area contributed by atoms with E-state index in [9.17, 15) is 14.4 Å². The second-order valence-corrected chi connectivity index (χ2v) is 11.4. The largest absolute Gasteiger partial charge is 0.465 e. The van der Waals surface area contributed by atoms with Gasteiger partial charge in [-0.1, -0.05) is 46.3 Å². The van der Waals surface area contributed by atoms with Crippen molar-refractivity contribution >= 4 is 39.4 Å². The minimum atomic E-state index is -0.986. The van der Waals surface area contributed by atoms with Crippen molar-refractivity contribution in [1.29, 1.82) is 0 Å². The third-order valence-electron chi connectivity index (χ3n) is 7.57. The van der Waals surface area contributed by atoms with Crippen molar-refractivity contribution in [2.24, 2.45) is 11.8 Å². The van der Waals surface area contributed by atoms with Crippen LogP contribution in [-0.2, 0) is 39.9 Å². The second kappa shape index (κ2) is 9.85. The Morgan fingerprint density at radius 3 is 2.36 bits per heavy atom. The van der Waals surface area contributed by atoms with Gasteiger partial charge in [-0.05, 0) is 56.7 Å². The fourth-order valence-corrected chi connectivity index (χ4v) is 6.38. The third kappa shape index (κ3) is 4.49. The number of likely N-dealkylation sites (tertiary alicyclic amines) is 1. The zero-order valence-corrected chi connectivity index (χ0v) is 23.4. The maximum Gasteiger partial charge on any atom is 0.324 e. The molecule has 3 fully saturated rings. The van der Waals surface area contributed by atoms with Crippen LogP contribution in [-0.4, -0.2) is 59.6 Å². The Morgan fingerprint density at radius 2 is 1.69 bits per heavy atom. The van der Waals surface area contributed by atoms with E-state index < -0.39 is 54.0 Å². The molecule has 0 spiro atoms. The SMILES string of the molecule is CCOC(=O)[C@@H]1C2C(=O)N(c3ccc(Br)cc3)C(=O)C2[C@@H](C2=C[C@H]3OC(C)(C)O[C@H]3O2)N1Cc1ccccc1. The van der Waals surface area contributed by atoms with Gasteiger partial charge in [0, 0.05) is 11.0 Å². The number of carbonyl (C=O) groups excluding carboxylic acids is 3. The molecule has 10 heteroatoms. The molecule has 0 radical (unpaired) electrons. The van der Waals surface area contributed by atoms with Crippen molar-refractivity contribution in [1.82, 2.24) is 4.90 Å². The van der Waals surface area contributed by atoms with Crippen LogP contribution in [0.5, 0.6) is 0 Å². The molecule has 0 N–H and O–H groups in total. The van der Waals surface area contributed by atoms with Gasteiger partial charge in [0.05, 0.1) is 30.2 Å². The van der Waals surface area contributed by atoms with Crippen molar-refractivity contribution in [2.45, 2.75) is 57.6 Å². The van der Waals surface area contributed by atoms with Crippen LogP contribution < -0.4 is 4.90 Å². The molecule has 0 aliphatic carbocycles. The molecule has 4 aliphatic rings. The molecule has 39 heavy (non-hydrogen) atoms. The number of amides is 2. The van der Waals surface area contributed by atoms with Crippen molar-refractivity contribution in [3.05, 3.63) is 76.5 Å². The maximum atomic E-state index is 14.1.